The molecule has 0 bridgehead atoms. The largest absolute Gasteiger partial charge is 0.496 e. The van der Waals surface area contributed by atoms with Gasteiger partial charge in [0.25, 0.3) is 0 Å². The van der Waals surface area contributed by atoms with E-state index in [0.29, 0.717) is 12.5 Å². The van der Waals surface area contributed by atoms with E-state index in [1.54, 1.807) is 13.3 Å². The summed E-state index contributed by atoms with van der Waals surface area (Å²) in [7, 11) is 1.64. The Morgan fingerprint density at radius 3 is 2.65 bits per heavy atom. The van der Waals surface area contributed by atoms with Crippen molar-refractivity contribution in [3.63, 3.8) is 0 Å². The van der Waals surface area contributed by atoms with Crippen LogP contribution in [-0.2, 0) is 11.2 Å². The molecule has 0 aliphatic heterocycles. The summed E-state index contributed by atoms with van der Waals surface area (Å²) in [6.45, 7) is 2.06. The van der Waals surface area contributed by atoms with E-state index in [2.05, 4.69) is 11.9 Å². The van der Waals surface area contributed by atoms with Gasteiger partial charge in [-0.05, 0) is 38.0 Å². The molecule has 120 valence electrons. The van der Waals surface area contributed by atoms with Gasteiger partial charge in [0.05, 0.1) is 25.3 Å². The highest BCUT2D eigenvalue weighted by Gasteiger charge is 2.36. The van der Waals surface area contributed by atoms with Crippen molar-refractivity contribution in [1.29, 1.82) is 0 Å². The first kappa shape index (κ1) is 15.5. The van der Waals surface area contributed by atoms with Crippen LogP contribution >= 0.6 is 0 Å². The minimum Gasteiger partial charge on any atom is -0.496 e. The molecule has 4 heteroatoms. The van der Waals surface area contributed by atoms with Crippen molar-refractivity contribution in [1.82, 2.24) is 9.88 Å². The number of ether oxygens (including phenoxy) is 1. The Labute approximate surface area is 137 Å². The van der Waals surface area contributed by atoms with Crippen molar-refractivity contribution in [2.75, 3.05) is 7.11 Å². The van der Waals surface area contributed by atoms with Gasteiger partial charge in [-0.3, -0.25) is 9.78 Å². The minimum atomic E-state index is -0.00842. The van der Waals surface area contributed by atoms with Crippen molar-refractivity contribution in [2.45, 2.75) is 38.3 Å². The first-order valence-corrected chi connectivity index (χ1v) is 8.04. The van der Waals surface area contributed by atoms with E-state index in [1.807, 2.05) is 47.4 Å². The Balaban J connectivity index is 1.80. The molecule has 0 spiro atoms. The van der Waals surface area contributed by atoms with E-state index < -0.39 is 0 Å². The molecule has 1 amide bonds. The van der Waals surface area contributed by atoms with Gasteiger partial charge >= 0.3 is 0 Å². The Morgan fingerprint density at radius 1 is 1.26 bits per heavy atom. The standard InChI is InChI=1S/C19H22N2O2/c1-14(17-8-5-6-12-20-17)21(16-10-11-16)19(22)13-15-7-3-4-9-18(15)23-2/h3-9,12,14,16H,10-11,13H2,1-2H3/t14-/m1/s1. The van der Waals surface area contributed by atoms with Gasteiger partial charge in [-0.25, -0.2) is 0 Å². The third-order valence-electron chi connectivity index (χ3n) is 4.30. The van der Waals surface area contributed by atoms with Gasteiger partial charge in [0, 0.05) is 17.8 Å². The van der Waals surface area contributed by atoms with Crippen LogP contribution in [0, 0.1) is 0 Å². The molecular weight excluding hydrogens is 288 g/mol. The molecule has 3 rings (SSSR count). The fourth-order valence-corrected chi connectivity index (χ4v) is 2.96. The number of rotatable bonds is 6. The summed E-state index contributed by atoms with van der Waals surface area (Å²) in [6, 6.07) is 13.9. The lowest BCUT2D eigenvalue weighted by molar-refractivity contribution is -0.133. The lowest BCUT2D eigenvalue weighted by atomic mass is 10.1. The van der Waals surface area contributed by atoms with Crippen LogP contribution in [0.1, 0.15) is 37.1 Å². The van der Waals surface area contributed by atoms with Crippen molar-refractivity contribution in [3.05, 3.63) is 59.9 Å². The number of pyridine rings is 1. The Morgan fingerprint density at radius 2 is 2.00 bits per heavy atom. The SMILES string of the molecule is COc1ccccc1CC(=O)N(C1CC1)[C@H](C)c1ccccn1. The molecule has 0 unspecified atom stereocenters. The second-order valence-corrected chi connectivity index (χ2v) is 5.95. The summed E-state index contributed by atoms with van der Waals surface area (Å²) in [4.78, 5) is 19.3. The molecule has 1 fully saturated rings. The first-order valence-electron chi connectivity index (χ1n) is 8.04. The predicted molar refractivity (Wildman–Crippen MR) is 89.2 cm³/mol. The second kappa shape index (κ2) is 6.82. The third-order valence-corrected chi connectivity index (χ3v) is 4.30. The normalized spacial score (nSPS) is 15.0. The smallest absolute Gasteiger partial charge is 0.227 e. The number of carbonyl (C=O) groups excluding carboxylic acids is 1. The van der Waals surface area contributed by atoms with Crippen molar-refractivity contribution < 1.29 is 9.53 Å². The second-order valence-electron chi connectivity index (χ2n) is 5.95. The predicted octanol–water partition coefficient (Wildman–Crippen LogP) is 3.38. The lowest BCUT2D eigenvalue weighted by Gasteiger charge is -2.29. The van der Waals surface area contributed by atoms with Crippen LogP contribution in [0.4, 0.5) is 0 Å². The molecule has 2 aromatic rings. The van der Waals surface area contributed by atoms with E-state index in [0.717, 1.165) is 29.8 Å². The topological polar surface area (TPSA) is 42.4 Å². The van der Waals surface area contributed by atoms with Crippen LogP contribution in [0.25, 0.3) is 0 Å². The molecule has 0 saturated heterocycles. The molecule has 0 radical (unpaired) electrons. The van der Waals surface area contributed by atoms with Gasteiger partial charge in [-0.2, -0.15) is 0 Å². The van der Waals surface area contributed by atoms with E-state index >= 15 is 0 Å². The number of benzene rings is 1. The fourth-order valence-electron chi connectivity index (χ4n) is 2.96. The van der Waals surface area contributed by atoms with Crippen molar-refractivity contribution in [2.24, 2.45) is 0 Å². The molecule has 4 nitrogen and oxygen atoms in total. The Kier molecular flexibility index (Phi) is 4.60. The number of amides is 1. The Bertz CT molecular complexity index is 668. The number of hydrogen-bond donors (Lipinski definition) is 0. The average Bonchev–Trinajstić information content (AvgIpc) is 3.41. The highest BCUT2D eigenvalue weighted by atomic mass is 16.5. The summed E-state index contributed by atoms with van der Waals surface area (Å²) in [5.41, 5.74) is 1.87. The fraction of sp³-hybridized carbons (Fsp3) is 0.368. The van der Waals surface area contributed by atoms with E-state index in [9.17, 15) is 4.79 Å². The highest BCUT2D eigenvalue weighted by molar-refractivity contribution is 5.80. The summed E-state index contributed by atoms with van der Waals surface area (Å²) in [5.74, 6) is 0.900. The maximum Gasteiger partial charge on any atom is 0.227 e. The molecule has 1 aromatic heterocycles. The summed E-state index contributed by atoms with van der Waals surface area (Å²) in [5, 5.41) is 0. The van der Waals surface area contributed by atoms with E-state index in [4.69, 9.17) is 4.74 Å². The van der Waals surface area contributed by atoms with Crippen LogP contribution in [0.3, 0.4) is 0 Å². The van der Waals surface area contributed by atoms with E-state index in [1.165, 1.54) is 0 Å². The zero-order valence-electron chi connectivity index (χ0n) is 13.6. The molecule has 1 atom stereocenters. The van der Waals surface area contributed by atoms with Gasteiger partial charge in [0.15, 0.2) is 0 Å². The Hall–Kier alpha value is -2.36. The van der Waals surface area contributed by atoms with Gasteiger partial charge in [-0.1, -0.05) is 24.3 Å². The lowest BCUT2D eigenvalue weighted by Crippen LogP contribution is -2.37. The molecular formula is C19H22N2O2. The first-order chi connectivity index (χ1) is 11.2. The maximum absolute atomic E-state index is 12.9. The minimum absolute atomic E-state index is 0.00842. The van der Waals surface area contributed by atoms with Crippen LogP contribution < -0.4 is 4.74 Å². The van der Waals surface area contributed by atoms with Gasteiger partial charge in [0.1, 0.15) is 5.75 Å². The summed E-state index contributed by atoms with van der Waals surface area (Å²) >= 11 is 0. The third kappa shape index (κ3) is 3.52. The van der Waals surface area contributed by atoms with Crippen LogP contribution in [-0.4, -0.2) is 28.9 Å². The molecule has 1 heterocycles. The van der Waals surface area contributed by atoms with Gasteiger partial charge in [-0.15, -0.1) is 0 Å². The van der Waals surface area contributed by atoms with Crippen molar-refractivity contribution >= 4 is 5.91 Å². The van der Waals surface area contributed by atoms with Gasteiger partial charge in [0.2, 0.25) is 5.91 Å². The summed E-state index contributed by atoms with van der Waals surface area (Å²) in [6.07, 6.45) is 4.29. The quantitative estimate of drug-likeness (QED) is 0.821. The monoisotopic (exact) mass is 310 g/mol. The number of carbonyl (C=O) groups is 1. The average molecular weight is 310 g/mol. The van der Waals surface area contributed by atoms with Gasteiger partial charge < -0.3 is 9.64 Å². The number of methoxy groups -OCH3 is 1. The molecule has 1 aliphatic rings. The zero-order chi connectivity index (χ0) is 16.2. The number of hydrogen-bond acceptors (Lipinski definition) is 3. The molecule has 1 aromatic carbocycles. The molecule has 0 N–H and O–H groups in total. The highest BCUT2D eigenvalue weighted by Crippen LogP contribution is 2.34. The molecule has 23 heavy (non-hydrogen) atoms. The zero-order valence-corrected chi connectivity index (χ0v) is 13.6. The molecule has 1 saturated carbocycles. The van der Waals surface area contributed by atoms with Crippen LogP contribution in [0.5, 0.6) is 5.75 Å². The molecule has 1 aliphatic carbocycles. The van der Waals surface area contributed by atoms with Crippen LogP contribution in [0.2, 0.25) is 0 Å². The number of nitrogens with zero attached hydrogens (tertiary/aromatic N) is 2. The maximum atomic E-state index is 12.9. The number of aromatic nitrogens is 1. The van der Waals surface area contributed by atoms with Crippen LogP contribution in [0.15, 0.2) is 48.7 Å². The summed E-state index contributed by atoms with van der Waals surface area (Å²) < 4.78 is 5.36. The van der Waals surface area contributed by atoms with E-state index in [-0.39, 0.29) is 11.9 Å². The van der Waals surface area contributed by atoms with Crippen molar-refractivity contribution in [3.8, 4) is 5.75 Å². The number of para-hydroxylation sites is 1.